The van der Waals surface area contributed by atoms with E-state index in [4.69, 9.17) is 4.74 Å². The van der Waals surface area contributed by atoms with Crippen LogP contribution < -0.4 is 9.64 Å². The van der Waals surface area contributed by atoms with Gasteiger partial charge in [0.25, 0.3) is 0 Å². The molecule has 0 fully saturated rings. The maximum Gasteiger partial charge on any atom is 0.152 e. The van der Waals surface area contributed by atoms with E-state index in [1.165, 1.54) is 111 Å². The fourth-order valence-electron chi connectivity index (χ4n) is 17.7. The molecule has 0 saturated carbocycles. The minimum absolute atomic E-state index is 0.0699. The summed E-state index contributed by atoms with van der Waals surface area (Å²) in [5.41, 5.74) is 40.3. The number of benzene rings is 14. The van der Waals surface area contributed by atoms with E-state index in [0.717, 1.165) is 84.2 Å². The van der Waals surface area contributed by atoms with Crippen molar-refractivity contribution in [1.29, 1.82) is 0 Å². The van der Waals surface area contributed by atoms with Gasteiger partial charge in [-0.15, -0.1) is 0 Å². The molecule has 98 heavy (non-hydrogen) atoms. The molecule has 468 valence electrons. The summed E-state index contributed by atoms with van der Waals surface area (Å²) >= 11 is 0. The molecule has 0 unspecified atom stereocenters. The molecule has 0 aromatic heterocycles. The van der Waals surface area contributed by atoms with Crippen molar-refractivity contribution in [3.05, 3.63) is 342 Å². The third-order valence-electron chi connectivity index (χ3n) is 23.1. The SMILES string of the molecule is CC1(C)c2ccccc2-c2ccc(-c3ccc4c(c3)C(C)(C)c3cc(-c5ccc6c(c5)Oc5cc(-c7ccc8c(c7)C(C)(C)c7cc(-c9ccc%10c(c9)C(C)(C)c9ccccc9-%10)ccc7-8)ccc5N6c5c(-c6ccccc6)cc(-c6ccccc6)cc5-c5ccccc5)ccc3-4)cc21. The van der Waals surface area contributed by atoms with Gasteiger partial charge in [-0.1, -0.05) is 280 Å². The highest BCUT2D eigenvalue weighted by molar-refractivity contribution is 6.04. The Morgan fingerprint density at radius 3 is 0.776 bits per heavy atom. The summed E-state index contributed by atoms with van der Waals surface area (Å²) in [6, 6.07) is 112. The van der Waals surface area contributed by atoms with Crippen LogP contribution in [0, 0.1) is 0 Å². The zero-order chi connectivity index (χ0) is 66.1. The topological polar surface area (TPSA) is 12.5 Å². The summed E-state index contributed by atoms with van der Waals surface area (Å²) < 4.78 is 7.49. The molecule has 19 rings (SSSR count). The molecule has 5 aliphatic rings. The van der Waals surface area contributed by atoms with Gasteiger partial charge >= 0.3 is 0 Å². The molecular weight excluding hydrogens is 1180 g/mol. The van der Waals surface area contributed by atoms with Crippen molar-refractivity contribution in [2.75, 3.05) is 4.90 Å². The Morgan fingerprint density at radius 2 is 0.449 bits per heavy atom. The third-order valence-corrected chi connectivity index (χ3v) is 23.1. The largest absolute Gasteiger partial charge is 0.453 e. The summed E-state index contributed by atoms with van der Waals surface area (Å²) in [4.78, 5) is 2.49. The van der Waals surface area contributed by atoms with Crippen LogP contribution >= 0.6 is 0 Å². The van der Waals surface area contributed by atoms with Gasteiger partial charge in [0.1, 0.15) is 0 Å². The van der Waals surface area contributed by atoms with Crippen LogP contribution in [0.25, 0.3) is 122 Å². The standard InChI is InChI=1S/C96H73NO/c1-93(2)80-30-20-18-28-70(80)72-40-32-61(50-82(72)93)63-34-42-74-76-44-36-65(54-86(76)95(5,6)84(74)52-63)67-38-46-88-90(56-67)98-91-57-68(39-47-89(91)97(88)92-78(59-24-14-10-15-25-59)48-69(58-22-12-9-13-23-58)49-79(92)60-26-16-11-17-27-60)66-37-45-77-75-43-35-64(53-85(75)96(7,8)87(77)55-66)62-33-41-73-71-29-19-21-31-81(71)94(3,4)83(73)51-62/h9-57H,1-8H3. The average Bonchev–Trinajstić information content (AvgIpc) is 1.52. The highest BCUT2D eigenvalue weighted by atomic mass is 16.5. The monoisotopic (exact) mass is 1260 g/mol. The molecule has 14 aromatic rings. The molecule has 0 radical (unpaired) electrons. The zero-order valence-electron chi connectivity index (χ0n) is 56.6. The van der Waals surface area contributed by atoms with Gasteiger partial charge in [-0.05, 0) is 229 Å². The summed E-state index contributed by atoms with van der Waals surface area (Å²) in [5, 5.41) is 0. The van der Waals surface area contributed by atoms with Gasteiger partial charge in [-0.25, -0.2) is 0 Å². The van der Waals surface area contributed by atoms with Gasteiger partial charge in [0.2, 0.25) is 0 Å². The number of rotatable bonds is 8. The summed E-state index contributed by atoms with van der Waals surface area (Å²) in [7, 11) is 0. The second kappa shape index (κ2) is 21.1. The van der Waals surface area contributed by atoms with Gasteiger partial charge in [0.15, 0.2) is 11.5 Å². The van der Waals surface area contributed by atoms with E-state index in [1.54, 1.807) is 0 Å². The van der Waals surface area contributed by atoms with E-state index in [0.29, 0.717) is 0 Å². The third kappa shape index (κ3) is 8.59. The number of ether oxygens (including phenoxy) is 1. The van der Waals surface area contributed by atoms with Crippen molar-refractivity contribution in [3.63, 3.8) is 0 Å². The Hall–Kier alpha value is -11.3. The highest BCUT2D eigenvalue weighted by Crippen LogP contribution is 2.60. The fourth-order valence-corrected chi connectivity index (χ4v) is 17.7. The van der Waals surface area contributed by atoms with Crippen molar-refractivity contribution in [2.24, 2.45) is 0 Å². The van der Waals surface area contributed by atoms with Crippen LogP contribution in [0.1, 0.15) is 99.9 Å². The number of hydrogen-bond donors (Lipinski definition) is 0. The van der Waals surface area contributed by atoms with E-state index in [1.807, 2.05) is 0 Å². The lowest BCUT2D eigenvalue weighted by atomic mass is 9.80. The van der Waals surface area contributed by atoms with E-state index < -0.39 is 0 Å². The van der Waals surface area contributed by atoms with Gasteiger partial charge < -0.3 is 9.64 Å². The smallest absolute Gasteiger partial charge is 0.152 e. The van der Waals surface area contributed by atoms with Crippen molar-refractivity contribution in [1.82, 2.24) is 0 Å². The maximum atomic E-state index is 7.49. The van der Waals surface area contributed by atoms with E-state index in [2.05, 4.69) is 358 Å². The Kier molecular flexibility index (Phi) is 12.5. The molecule has 0 saturated heterocycles. The van der Waals surface area contributed by atoms with Gasteiger partial charge in [0.05, 0.1) is 17.1 Å². The van der Waals surface area contributed by atoms with Crippen LogP contribution in [0.2, 0.25) is 0 Å². The molecule has 1 heterocycles. The minimum atomic E-state index is -0.250. The minimum Gasteiger partial charge on any atom is -0.453 e. The Balaban J connectivity index is 0.721. The molecule has 0 bridgehead atoms. The molecule has 0 amide bonds. The highest BCUT2D eigenvalue weighted by Gasteiger charge is 2.41. The van der Waals surface area contributed by atoms with Gasteiger partial charge in [-0.2, -0.15) is 0 Å². The first-order valence-electron chi connectivity index (χ1n) is 34.8. The number of hydrogen-bond acceptors (Lipinski definition) is 2. The second-order valence-corrected chi connectivity index (χ2v) is 30.0. The van der Waals surface area contributed by atoms with E-state index >= 15 is 0 Å². The first kappa shape index (κ1) is 58.1. The number of fused-ring (bicyclic) bond motifs is 14. The fraction of sp³-hybridized carbons (Fsp3) is 0.125. The summed E-state index contributed by atoms with van der Waals surface area (Å²) in [6.07, 6.45) is 0. The van der Waals surface area contributed by atoms with Crippen molar-refractivity contribution in [2.45, 2.75) is 77.0 Å². The lowest BCUT2D eigenvalue weighted by molar-refractivity contribution is 0.477. The Morgan fingerprint density at radius 1 is 0.194 bits per heavy atom. The van der Waals surface area contributed by atoms with Crippen LogP contribution in [-0.4, -0.2) is 0 Å². The van der Waals surface area contributed by atoms with Crippen LogP contribution in [-0.2, 0) is 21.7 Å². The normalized spacial score (nSPS) is 15.1. The molecular formula is C96H73NO. The van der Waals surface area contributed by atoms with Crippen molar-refractivity contribution < 1.29 is 4.74 Å². The molecule has 2 heteroatoms. The summed E-state index contributed by atoms with van der Waals surface area (Å²) in [5.74, 6) is 1.59. The maximum absolute atomic E-state index is 7.49. The Bertz CT molecular complexity index is 5380. The molecule has 0 atom stereocenters. The first-order chi connectivity index (χ1) is 47.6. The lowest BCUT2D eigenvalue weighted by Gasteiger charge is -2.36. The quantitative estimate of drug-likeness (QED) is 0.150. The predicted molar refractivity (Wildman–Crippen MR) is 410 cm³/mol. The molecule has 0 spiro atoms. The number of anilines is 3. The first-order valence-corrected chi connectivity index (χ1v) is 34.8. The molecule has 0 N–H and O–H groups in total. The second-order valence-electron chi connectivity index (χ2n) is 30.0. The zero-order valence-corrected chi connectivity index (χ0v) is 56.6. The number of nitrogens with zero attached hydrogens (tertiary/aromatic N) is 1. The van der Waals surface area contributed by atoms with Gasteiger partial charge in [-0.3, -0.25) is 0 Å². The van der Waals surface area contributed by atoms with Crippen LogP contribution in [0.3, 0.4) is 0 Å². The van der Waals surface area contributed by atoms with Crippen molar-refractivity contribution in [3.8, 4) is 134 Å². The van der Waals surface area contributed by atoms with E-state index in [-0.39, 0.29) is 21.7 Å². The van der Waals surface area contributed by atoms with Gasteiger partial charge in [0, 0.05) is 32.8 Å². The molecule has 14 aromatic carbocycles. The molecule has 1 aliphatic heterocycles. The Labute approximate surface area is 575 Å². The lowest BCUT2D eigenvalue weighted by Crippen LogP contribution is -2.18. The summed E-state index contributed by atoms with van der Waals surface area (Å²) in [6.45, 7) is 19.1. The molecule has 2 nitrogen and oxygen atoms in total. The predicted octanol–water partition coefficient (Wildman–Crippen LogP) is 26.2. The van der Waals surface area contributed by atoms with Crippen molar-refractivity contribution >= 4 is 17.1 Å². The average molecular weight is 1260 g/mol. The van der Waals surface area contributed by atoms with Crippen LogP contribution in [0.4, 0.5) is 17.1 Å². The molecule has 4 aliphatic carbocycles. The van der Waals surface area contributed by atoms with Crippen LogP contribution in [0.5, 0.6) is 11.5 Å². The van der Waals surface area contributed by atoms with Crippen LogP contribution in [0.15, 0.2) is 297 Å². The van der Waals surface area contributed by atoms with E-state index in [9.17, 15) is 0 Å².